The Morgan fingerprint density at radius 2 is 1.37 bits per heavy atom. The van der Waals surface area contributed by atoms with Gasteiger partial charge in [0.15, 0.2) is 0 Å². The van der Waals surface area contributed by atoms with Gasteiger partial charge in [-0.2, -0.15) is 0 Å². The molecule has 0 aliphatic carbocycles. The van der Waals surface area contributed by atoms with Crippen LogP contribution in [0, 0.1) is 0 Å². The van der Waals surface area contributed by atoms with E-state index in [1.807, 2.05) is 60.7 Å². The number of Topliss-reactive ketones (excluding diaryl/α,β-unsaturated/α-hetero) is 1. The second-order valence-electron chi connectivity index (χ2n) is 9.99. The highest BCUT2D eigenvalue weighted by Crippen LogP contribution is 2.07. The molecule has 2 aromatic rings. The maximum absolute atomic E-state index is 12.8. The Kier molecular flexibility index (Phi) is 14.2. The molecule has 3 atom stereocenters. The molecule has 0 bridgehead atoms. The quantitative estimate of drug-likeness (QED) is 0.189. The van der Waals surface area contributed by atoms with Gasteiger partial charge in [-0.15, -0.1) is 0 Å². The van der Waals surface area contributed by atoms with Crippen LogP contribution in [-0.4, -0.2) is 86.8 Å². The third-order valence-corrected chi connectivity index (χ3v) is 6.57. The SMILES string of the molecule is CNC(=O)[C@H](CCC(=O)NCCN[C@@H](Cc1ccccc1)C(C)=O)NC(=O)NC(=O)[C@H](Cc1ccccc1)N(C)C. The van der Waals surface area contributed by atoms with E-state index in [2.05, 4.69) is 26.6 Å². The summed E-state index contributed by atoms with van der Waals surface area (Å²) >= 11 is 0. The lowest BCUT2D eigenvalue weighted by atomic mass is 10.0. The van der Waals surface area contributed by atoms with Gasteiger partial charge in [-0.25, -0.2) is 4.79 Å². The first kappa shape index (κ1) is 33.1. The average Bonchev–Trinajstić information content (AvgIpc) is 2.95. The number of hydrogen-bond acceptors (Lipinski definition) is 7. The van der Waals surface area contributed by atoms with Crippen LogP contribution in [0.4, 0.5) is 4.79 Å². The molecule has 11 heteroatoms. The summed E-state index contributed by atoms with van der Waals surface area (Å²) in [6, 6.07) is 16.3. The molecule has 5 N–H and O–H groups in total. The molecule has 0 saturated carbocycles. The van der Waals surface area contributed by atoms with E-state index in [4.69, 9.17) is 0 Å². The number of nitrogens with zero attached hydrogens (tertiary/aromatic N) is 1. The van der Waals surface area contributed by atoms with Gasteiger partial charge in [-0.3, -0.25) is 29.4 Å². The van der Waals surface area contributed by atoms with Crippen LogP contribution < -0.4 is 26.6 Å². The van der Waals surface area contributed by atoms with Crippen molar-refractivity contribution in [3.63, 3.8) is 0 Å². The highest BCUT2D eigenvalue weighted by molar-refractivity contribution is 5.98. The fourth-order valence-electron chi connectivity index (χ4n) is 4.20. The fourth-order valence-corrected chi connectivity index (χ4v) is 4.20. The molecular formula is C30H42N6O5. The minimum absolute atomic E-state index is 0.00778. The third kappa shape index (κ3) is 12.3. The number of nitrogens with one attached hydrogen (secondary N) is 5. The van der Waals surface area contributed by atoms with Crippen LogP contribution >= 0.6 is 0 Å². The predicted molar refractivity (Wildman–Crippen MR) is 157 cm³/mol. The first-order valence-corrected chi connectivity index (χ1v) is 13.7. The summed E-state index contributed by atoms with van der Waals surface area (Å²) in [5, 5.41) is 13.2. The molecule has 0 heterocycles. The van der Waals surface area contributed by atoms with E-state index in [1.165, 1.54) is 14.0 Å². The summed E-state index contributed by atoms with van der Waals surface area (Å²) in [5.41, 5.74) is 1.98. The summed E-state index contributed by atoms with van der Waals surface area (Å²) < 4.78 is 0. The van der Waals surface area contributed by atoms with E-state index >= 15 is 0 Å². The van der Waals surface area contributed by atoms with Gasteiger partial charge in [0.25, 0.3) is 0 Å². The summed E-state index contributed by atoms with van der Waals surface area (Å²) in [6.07, 6.45) is 0.961. The minimum atomic E-state index is -1.02. The van der Waals surface area contributed by atoms with Crippen molar-refractivity contribution in [3.05, 3.63) is 71.8 Å². The maximum Gasteiger partial charge on any atom is 0.322 e. The highest BCUT2D eigenvalue weighted by Gasteiger charge is 2.26. The minimum Gasteiger partial charge on any atom is -0.357 e. The largest absolute Gasteiger partial charge is 0.357 e. The van der Waals surface area contributed by atoms with Crippen molar-refractivity contribution in [2.75, 3.05) is 34.2 Å². The zero-order valence-electron chi connectivity index (χ0n) is 24.2. The van der Waals surface area contributed by atoms with E-state index in [1.54, 1.807) is 19.0 Å². The number of ketones is 1. The van der Waals surface area contributed by atoms with Gasteiger partial charge in [0.1, 0.15) is 11.8 Å². The molecule has 0 aromatic heterocycles. The molecule has 0 aliphatic rings. The van der Waals surface area contributed by atoms with Crippen LogP contribution in [0.5, 0.6) is 0 Å². The number of imide groups is 1. The van der Waals surface area contributed by atoms with Crippen LogP contribution in [0.15, 0.2) is 60.7 Å². The Labute approximate surface area is 241 Å². The number of benzene rings is 2. The Bertz CT molecular complexity index is 1140. The van der Waals surface area contributed by atoms with Gasteiger partial charge in [-0.05, 0) is 51.4 Å². The molecule has 41 heavy (non-hydrogen) atoms. The van der Waals surface area contributed by atoms with Crippen molar-refractivity contribution in [2.24, 2.45) is 0 Å². The molecule has 0 fully saturated rings. The van der Waals surface area contributed by atoms with Gasteiger partial charge in [0.05, 0.1) is 12.1 Å². The van der Waals surface area contributed by atoms with Crippen molar-refractivity contribution in [1.29, 1.82) is 0 Å². The third-order valence-electron chi connectivity index (χ3n) is 6.57. The average molecular weight is 567 g/mol. The van der Waals surface area contributed by atoms with E-state index < -0.39 is 29.9 Å². The number of hydrogen-bond donors (Lipinski definition) is 5. The van der Waals surface area contributed by atoms with Crippen molar-refractivity contribution < 1.29 is 24.0 Å². The summed E-state index contributed by atoms with van der Waals surface area (Å²) in [4.78, 5) is 63.9. The number of carbonyl (C=O) groups excluding carboxylic acids is 5. The van der Waals surface area contributed by atoms with Crippen LogP contribution in [0.3, 0.4) is 0 Å². The molecule has 0 radical (unpaired) electrons. The van der Waals surface area contributed by atoms with Gasteiger partial charge >= 0.3 is 6.03 Å². The Balaban J connectivity index is 1.80. The fraction of sp³-hybridized carbons (Fsp3) is 0.433. The second-order valence-corrected chi connectivity index (χ2v) is 9.99. The summed E-state index contributed by atoms with van der Waals surface area (Å²) in [5.74, 6) is -1.29. The lowest BCUT2D eigenvalue weighted by Crippen LogP contribution is -2.54. The van der Waals surface area contributed by atoms with Crippen molar-refractivity contribution in [1.82, 2.24) is 31.5 Å². The molecule has 5 amide bonds. The smallest absolute Gasteiger partial charge is 0.322 e. The topological polar surface area (TPSA) is 149 Å². The molecule has 0 aliphatic heterocycles. The number of amides is 5. The second kappa shape index (κ2) is 17.6. The molecule has 2 aromatic carbocycles. The maximum atomic E-state index is 12.8. The first-order valence-electron chi connectivity index (χ1n) is 13.7. The normalized spacial score (nSPS) is 13.0. The predicted octanol–water partition coefficient (Wildman–Crippen LogP) is 0.786. The molecular weight excluding hydrogens is 524 g/mol. The zero-order valence-corrected chi connectivity index (χ0v) is 24.2. The van der Waals surface area contributed by atoms with Gasteiger partial charge in [0.2, 0.25) is 17.7 Å². The number of urea groups is 1. The summed E-state index contributed by atoms with van der Waals surface area (Å²) in [7, 11) is 4.92. The van der Waals surface area contributed by atoms with Gasteiger partial charge < -0.3 is 21.3 Å². The molecule has 0 saturated heterocycles. The van der Waals surface area contributed by atoms with Crippen LogP contribution in [0.2, 0.25) is 0 Å². The van der Waals surface area contributed by atoms with Crippen molar-refractivity contribution >= 4 is 29.5 Å². The van der Waals surface area contributed by atoms with Crippen molar-refractivity contribution in [2.45, 2.75) is 50.7 Å². The van der Waals surface area contributed by atoms with Crippen LogP contribution in [-0.2, 0) is 32.0 Å². The van der Waals surface area contributed by atoms with Crippen molar-refractivity contribution in [3.8, 4) is 0 Å². The molecule has 0 spiro atoms. The van der Waals surface area contributed by atoms with E-state index in [9.17, 15) is 24.0 Å². The summed E-state index contributed by atoms with van der Waals surface area (Å²) in [6.45, 7) is 2.21. The molecule has 222 valence electrons. The lowest BCUT2D eigenvalue weighted by molar-refractivity contribution is -0.126. The monoisotopic (exact) mass is 566 g/mol. The number of carbonyl (C=O) groups is 5. The van der Waals surface area contributed by atoms with Gasteiger partial charge in [0, 0.05) is 26.6 Å². The Morgan fingerprint density at radius 1 is 0.780 bits per heavy atom. The number of rotatable bonds is 16. The molecule has 11 nitrogen and oxygen atoms in total. The first-order chi connectivity index (χ1) is 19.6. The van der Waals surface area contributed by atoms with Crippen LogP contribution in [0.1, 0.15) is 30.9 Å². The van der Waals surface area contributed by atoms with E-state index in [0.717, 1.165) is 11.1 Å². The van der Waals surface area contributed by atoms with E-state index in [0.29, 0.717) is 19.4 Å². The van der Waals surface area contributed by atoms with Crippen LogP contribution in [0.25, 0.3) is 0 Å². The molecule has 0 unspecified atom stereocenters. The Hall–Kier alpha value is -4.09. The highest BCUT2D eigenvalue weighted by atomic mass is 16.2. The standard InChI is InChI=1S/C30H42N6O5/c1-21(37)25(19-22-11-7-5-8-12-22)32-17-18-33-27(38)16-15-24(28(39)31-2)34-30(41)35-29(40)26(36(3)4)20-23-13-9-6-10-14-23/h5-14,24-26,32H,15-20H2,1-4H3,(H,31,39)(H,33,38)(H2,34,35,40,41)/t24-,25-,26-/m0/s1. The van der Waals surface area contributed by atoms with E-state index in [-0.39, 0.29) is 37.1 Å². The molecule has 2 rings (SSSR count). The lowest BCUT2D eigenvalue weighted by Gasteiger charge is -2.24. The number of likely N-dealkylation sites (N-methyl/N-ethyl adjacent to an activating group) is 2. The van der Waals surface area contributed by atoms with Gasteiger partial charge in [-0.1, -0.05) is 60.7 Å². The zero-order chi connectivity index (χ0) is 30.2. The Morgan fingerprint density at radius 3 is 1.90 bits per heavy atom.